The van der Waals surface area contributed by atoms with Crippen LogP contribution in [0.25, 0.3) is 11.2 Å². The molecule has 0 aliphatic carbocycles. The van der Waals surface area contributed by atoms with E-state index in [-0.39, 0.29) is 73.1 Å². The van der Waals surface area contributed by atoms with Crippen molar-refractivity contribution in [2.75, 3.05) is 63.7 Å². The van der Waals surface area contributed by atoms with Crippen molar-refractivity contribution in [2.45, 2.75) is 109 Å². The monoisotopic (exact) mass is 894 g/mol. The number of allylic oxidation sites excluding steroid dienone is 2. The number of nitrogens with two attached hydrogens (primary N) is 1. The standard InChI is InChI=1S/C44H67N11O9/c1-2-3-13-22-48-44(62)49-23-14-11-9-7-5-4-6-8-10-12-15-36(56)46-24-26-63-28-29-64-27-25-47-37(57)21-20-35(42(60)61)53-40(58)32-16-18-33(19-17-32)50-30-34-31-51-39-38(52-34)41(59)55-43(45)54-39/h5,7,16-19,31,35,50H,2-4,6,8-15,20-30H2,1H3,(H,46,56)(H,47,57)(H,53,58)(H,60,61)(H2,48,49,62)(H3,45,51,54,55,59)/b7-5-/t35-/m0/s1. The first-order chi connectivity index (χ1) is 31.0. The Kier molecular flexibility index (Phi) is 25.8. The summed E-state index contributed by atoms with van der Waals surface area (Å²) in [5.41, 5.74) is 6.54. The van der Waals surface area contributed by atoms with Gasteiger partial charge in [0.15, 0.2) is 11.2 Å². The van der Waals surface area contributed by atoms with Gasteiger partial charge in [0.2, 0.25) is 17.8 Å². The lowest BCUT2D eigenvalue weighted by Gasteiger charge is -2.15. The van der Waals surface area contributed by atoms with Crippen LogP contribution in [0.1, 0.15) is 113 Å². The Balaban J connectivity index is 1.12. The number of nitrogens with one attached hydrogen (secondary N) is 7. The Labute approximate surface area is 374 Å². The molecule has 3 aromatic rings. The third-order valence-electron chi connectivity index (χ3n) is 9.72. The summed E-state index contributed by atoms with van der Waals surface area (Å²) in [6, 6.07) is 4.94. The van der Waals surface area contributed by atoms with Crippen LogP contribution in [0.3, 0.4) is 0 Å². The first-order valence-corrected chi connectivity index (χ1v) is 22.3. The molecule has 0 saturated heterocycles. The summed E-state index contributed by atoms with van der Waals surface area (Å²) in [4.78, 5) is 87.5. The van der Waals surface area contributed by atoms with E-state index in [4.69, 9.17) is 15.2 Å². The van der Waals surface area contributed by atoms with Crippen molar-refractivity contribution in [1.29, 1.82) is 0 Å². The highest BCUT2D eigenvalue weighted by Gasteiger charge is 2.22. The van der Waals surface area contributed by atoms with E-state index >= 15 is 0 Å². The van der Waals surface area contributed by atoms with E-state index in [0.29, 0.717) is 50.7 Å². The molecule has 0 radical (unpaired) electrons. The molecule has 64 heavy (non-hydrogen) atoms. The fourth-order valence-corrected chi connectivity index (χ4v) is 6.15. The second kappa shape index (κ2) is 31.7. The molecule has 352 valence electrons. The van der Waals surface area contributed by atoms with Crippen LogP contribution in [0.5, 0.6) is 0 Å². The highest BCUT2D eigenvalue weighted by atomic mass is 16.5. The van der Waals surface area contributed by atoms with Gasteiger partial charge in [0, 0.05) is 50.3 Å². The SMILES string of the molecule is CCCCCNC(=O)NCCCC/C=C\CCCCCCC(=O)NCCOCCOCCNC(=O)CC[C@H](NC(=O)c1ccc(NCc2cnc3nc(N)[nH]c(=O)c3n2)cc1)C(=O)O. The number of carboxylic acids is 1. The van der Waals surface area contributed by atoms with Gasteiger partial charge in [-0.05, 0) is 75.6 Å². The number of anilines is 2. The van der Waals surface area contributed by atoms with Gasteiger partial charge in [0.25, 0.3) is 11.5 Å². The molecule has 20 nitrogen and oxygen atoms in total. The van der Waals surface area contributed by atoms with Crippen LogP contribution in [0, 0.1) is 0 Å². The third-order valence-corrected chi connectivity index (χ3v) is 9.72. The number of urea groups is 1. The van der Waals surface area contributed by atoms with Crippen molar-refractivity contribution in [1.82, 2.24) is 46.5 Å². The van der Waals surface area contributed by atoms with Crippen molar-refractivity contribution in [3.8, 4) is 0 Å². The highest BCUT2D eigenvalue weighted by molar-refractivity contribution is 5.97. The van der Waals surface area contributed by atoms with Gasteiger partial charge >= 0.3 is 12.0 Å². The lowest BCUT2D eigenvalue weighted by atomic mass is 10.1. The van der Waals surface area contributed by atoms with Gasteiger partial charge in [-0.2, -0.15) is 4.98 Å². The molecule has 0 bridgehead atoms. The molecular formula is C44H67N11O9. The average molecular weight is 894 g/mol. The minimum absolute atomic E-state index is 0.00774. The second-order valence-corrected chi connectivity index (χ2v) is 15.1. The molecule has 5 amide bonds. The molecule has 0 aliphatic rings. The van der Waals surface area contributed by atoms with Crippen LogP contribution in [-0.4, -0.2) is 113 Å². The Hall–Kier alpha value is -6.15. The maximum Gasteiger partial charge on any atom is 0.326 e. The number of hydrogen-bond acceptors (Lipinski definition) is 13. The Morgan fingerprint density at radius 3 is 2.05 bits per heavy atom. The normalized spacial score (nSPS) is 11.6. The van der Waals surface area contributed by atoms with Gasteiger partial charge in [0.05, 0.1) is 44.9 Å². The number of hydrogen-bond donors (Lipinski definition) is 9. The molecule has 10 N–H and O–H groups in total. The number of H-pyrrole nitrogens is 1. The second-order valence-electron chi connectivity index (χ2n) is 15.1. The number of benzene rings is 1. The van der Waals surface area contributed by atoms with E-state index in [9.17, 15) is 33.9 Å². The fraction of sp³-hybridized carbons (Fsp3) is 0.568. The topological polar surface area (TPSA) is 294 Å². The zero-order valence-electron chi connectivity index (χ0n) is 37.0. The first-order valence-electron chi connectivity index (χ1n) is 22.3. The van der Waals surface area contributed by atoms with Crippen molar-refractivity contribution >= 4 is 52.5 Å². The number of nitrogens with zero attached hydrogens (tertiary/aromatic N) is 3. The lowest BCUT2D eigenvalue weighted by Crippen LogP contribution is -2.41. The smallest absolute Gasteiger partial charge is 0.326 e. The van der Waals surface area contributed by atoms with Gasteiger partial charge in [-0.25, -0.2) is 19.6 Å². The number of amides is 5. The van der Waals surface area contributed by atoms with Gasteiger partial charge < -0.3 is 52.2 Å². The summed E-state index contributed by atoms with van der Waals surface area (Å²) in [5, 5.41) is 26.5. The number of unbranched alkanes of at least 4 members (excludes halogenated alkanes) is 8. The molecule has 1 aromatic carbocycles. The number of carbonyl (C=O) groups is 5. The van der Waals surface area contributed by atoms with Gasteiger partial charge in [0.1, 0.15) is 6.04 Å². The molecular weight excluding hydrogens is 827 g/mol. The van der Waals surface area contributed by atoms with Crippen molar-refractivity contribution in [2.24, 2.45) is 0 Å². The van der Waals surface area contributed by atoms with Crippen LogP contribution >= 0.6 is 0 Å². The summed E-state index contributed by atoms with van der Waals surface area (Å²) in [6.07, 6.45) is 17.5. The zero-order valence-corrected chi connectivity index (χ0v) is 37.0. The summed E-state index contributed by atoms with van der Waals surface area (Å²) < 4.78 is 11.0. The number of nitrogen functional groups attached to an aromatic ring is 1. The molecule has 1 atom stereocenters. The molecule has 3 rings (SSSR count). The summed E-state index contributed by atoms with van der Waals surface area (Å²) in [6.45, 7) is 5.63. The summed E-state index contributed by atoms with van der Waals surface area (Å²) in [7, 11) is 0. The van der Waals surface area contributed by atoms with E-state index in [1.54, 1.807) is 12.1 Å². The third kappa shape index (κ3) is 22.8. The van der Waals surface area contributed by atoms with Gasteiger partial charge in [-0.1, -0.05) is 44.8 Å². The molecule has 0 spiro atoms. The minimum atomic E-state index is -1.28. The maximum atomic E-state index is 12.8. The molecule has 0 saturated carbocycles. The molecule has 2 heterocycles. The van der Waals surface area contributed by atoms with E-state index in [1.165, 1.54) is 18.3 Å². The summed E-state index contributed by atoms with van der Waals surface area (Å²) in [5.74, 6) is -2.31. The largest absolute Gasteiger partial charge is 0.480 e. The fourth-order valence-electron chi connectivity index (χ4n) is 6.15. The number of aromatic nitrogens is 4. The van der Waals surface area contributed by atoms with Crippen molar-refractivity contribution in [3.05, 3.63) is 64.2 Å². The zero-order chi connectivity index (χ0) is 46.2. The molecule has 0 fully saturated rings. The van der Waals surface area contributed by atoms with Crippen LogP contribution < -0.4 is 43.2 Å². The summed E-state index contributed by atoms with van der Waals surface area (Å²) >= 11 is 0. The molecule has 0 aliphatic heterocycles. The maximum absolute atomic E-state index is 12.8. The predicted molar refractivity (Wildman–Crippen MR) is 244 cm³/mol. The Morgan fingerprint density at radius 2 is 1.39 bits per heavy atom. The molecule has 0 unspecified atom stereocenters. The number of aliphatic carboxylic acids is 1. The number of ether oxygens (including phenoxy) is 2. The number of carboxylic acid groups (broad SMARTS) is 1. The van der Waals surface area contributed by atoms with Crippen LogP contribution in [0.2, 0.25) is 0 Å². The van der Waals surface area contributed by atoms with E-state index in [0.717, 1.165) is 77.2 Å². The highest BCUT2D eigenvalue weighted by Crippen LogP contribution is 2.13. The van der Waals surface area contributed by atoms with Crippen LogP contribution in [0.15, 0.2) is 47.4 Å². The first kappa shape index (κ1) is 52.2. The number of aromatic amines is 1. The van der Waals surface area contributed by atoms with Gasteiger partial charge in [-0.3, -0.25) is 24.2 Å². The van der Waals surface area contributed by atoms with Gasteiger partial charge in [-0.15, -0.1) is 0 Å². The number of carbonyl (C=O) groups excluding carboxylic acids is 4. The van der Waals surface area contributed by atoms with E-state index in [2.05, 4.69) is 70.9 Å². The molecule has 2 aromatic heterocycles. The quantitative estimate of drug-likeness (QED) is 0.0305. The van der Waals surface area contributed by atoms with E-state index < -0.39 is 23.5 Å². The van der Waals surface area contributed by atoms with E-state index in [1.807, 2.05) is 0 Å². The minimum Gasteiger partial charge on any atom is -0.480 e. The van der Waals surface area contributed by atoms with Crippen LogP contribution in [-0.2, 0) is 30.4 Å². The number of fused-ring (bicyclic) bond motifs is 1. The number of rotatable bonds is 34. The Bertz CT molecular complexity index is 1960. The van der Waals surface area contributed by atoms with Crippen molar-refractivity contribution < 1.29 is 38.6 Å². The molecule has 20 heteroatoms. The van der Waals surface area contributed by atoms with Crippen molar-refractivity contribution in [3.63, 3.8) is 0 Å². The van der Waals surface area contributed by atoms with Crippen LogP contribution in [0.4, 0.5) is 16.4 Å². The average Bonchev–Trinajstić information content (AvgIpc) is 3.28. The Morgan fingerprint density at radius 1 is 0.766 bits per heavy atom. The lowest BCUT2D eigenvalue weighted by molar-refractivity contribution is -0.139. The predicted octanol–water partition coefficient (Wildman–Crippen LogP) is 3.69.